The molecule has 1 aliphatic rings. The summed E-state index contributed by atoms with van der Waals surface area (Å²) in [6, 6.07) is 17.1. The number of hydrogen-bond acceptors (Lipinski definition) is 7. The van der Waals surface area contributed by atoms with E-state index in [0.29, 0.717) is 18.9 Å². The molecule has 252 valence electrons. The molecule has 1 fully saturated rings. The quantitative estimate of drug-likeness (QED) is 0.266. The zero-order valence-electron chi connectivity index (χ0n) is 28.0. The third kappa shape index (κ3) is 9.89. The van der Waals surface area contributed by atoms with Crippen molar-refractivity contribution >= 4 is 29.6 Å². The Balaban J connectivity index is 1.53. The molecule has 0 radical (unpaired) electrons. The molecule has 1 aromatic heterocycles. The van der Waals surface area contributed by atoms with E-state index in [9.17, 15) is 19.2 Å². The van der Waals surface area contributed by atoms with Crippen LogP contribution in [0.5, 0.6) is 0 Å². The van der Waals surface area contributed by atoms with Crippen molar-refractivity contribution in [2.45, 2.75) is 84.2 Å². The molecule has 4 amide bonds. The van der Waals surface area contributed by atoms with Gasteiger partial charge in [0.1, 0.15) is 29.0 Å². The molecule has 2 aromatic carbocycles. The zero-order chi connectivity index (χ0) is 34.2. The van der Waals surface area contributed by atoms with Crippen molar-refractivity contribution in [2.24, 2.45) is 0 Å². The number of imidazole rings is 1. The molecule has 0 bridgehead atoms. The number of ether oxygens (including phenoxy) is 2. The Morgan fingerprint density at radius 3 is 2.15 bits per heavy atom. The van der Waals surface area contributed by atoms with Gasteiger partial charge in [-0.3, -0.25) is 14.4 Å². The molecule has 4 rings (SSSR count). The summed E-state index contributed by atoms with van der Waals surface area (Å²) in [5, 5.41) is 8.07. The number of amides is 4. The Hall–Kier alpha value is -4.71. The second-order valence-electron chi connectivity index (χ2n) is 13.2. The number of carbonyl (C=O) groups excluding carboxylic acids is 4. The molecule has 47 heavy (non-hydrogen) atoms. The molecule has 0 spiro atoms. The Morgan fingerprint density at radius 1 is 0.915 bits per heavy atom. The molecule has 12 nitrogen and oxygen atoms in total. The number of hydrogen-bond donors (Lipinski definition) is 3. The maximum Gasteiger partial charge on any atom is 0.408 e. The number of benzene rings is 2. The van der Waals surface area contributed by atoms with Crippen LogP contribution in [0.15, 0.2) is 66.9 Å². The molecule has 1 aliphatic heterocycles. The van der Waals surface area contributed by atoms with E-state index in [1.807, 2.05) is 65.6 Å². The van der Waals surface area contributed by atoms with Crippen LogP contribution in [0, 0.1) is 6.92 Å². The molecule has 2 heterocycles. The monoisotopic (exact) mass is 646 g/mol. The van der Waals surface area contributed by atoms with Crippen LogP contribution in [0.3, 0.4) is 0 Å². The maximum atomic E-state index is 13.7. The average molecular weight is 647 g/mol. The molecule has 0 aliphatic carbocycles. The minimum Gasteiger partial charge on any atom is -0.444 e. The molecule has 2 atom stereocenters. The Bertz CT molecular complexity index is 1530. The number of carbonyl (C=O) groups is 4. The molecule has 12 heteroatoms. The van der Waals surface area contributed by atoms with Crippen LogP contribution in [-0.2, 0) is 30.5 Å². The first-order valence-electron chi connectivity index (χ1n) is 15.9. The highest BCUT2D eigenvalue weighted by Gasteiger charge is 2.35. The van der Waals surface area contributed by atoms with E-state index >= 15 is 0 Å². The van der Waals surface area contributed by atoms with Gasteiger partial charge >= 0.3 is 6.09 Å². The minimum atomic E-state index is -1.42. The number of aryl methyl sites for hydroxylation is 1. The van der Waals surface area contributed by atoms with Crippen molar-refractivity contribution in [1.29, 1.82) is 0 Å². The fraction of sp³-hybridized carbons (Fsp3) is 0.457. The fourth-order valence-corrected chi connectivity index (χ4v) is 5.19. The predicted molar refractivity (Wildman–Crippen MR) is 177 cm³/mol. The molecule has 0 saturated carbocycles. The topological polar surface area (TPSA) is 144 Å². The van der Waals surface area contributed by atoms with Crippen LogP contribution in [0.2, 0.25) is 0 Å². The normalized spacial score (nSPS) is 14.6. The van der Waals surface area contributed by atoms with E-state index in [2.05, 4.69) is 20.9 Å². The third-order valence-electron chi connectivity index (χ3n) is 7.61. The number of nitrogens with zero attached hydrogens (tertiary/aromatic N) is 3. The number of aromatic nitrogens is 2. The largest absolute Gasteiger partial charge is 0.444 e. The van der Waals surface area contributed by atoms with Crippen molar-refractivity contribution in [3.05, 3.63) is 83.8 Å². The summed E-state index contributed by atoms with van der Waals surface area (Å²) in [5.41, 5.74) is -0.474. The van der Waals surface area contributed by atoms with Crippen molar-refractivity contribution in [3.63, 3.8) is 0 Å². The first-order chi connectivity index (χ1) is 22.2. The van der Waals surface area contributed by atoms with Gasteiger partial charge in [-0.1, -0.05) is 60.7 Å². The summed E-state index contributed by atoms with van der Waals surface area (Å²) in [5.74, 6) is -0.479. The van der Waals surface area contributed by atoms with Crippen LogP contribution in [0.1, 0.15) is 70.5 Å². The van der Waals surface area contributed by atoms with Gasteiger partial charge in [-0.25, -0.2) is 9.78 Å². The van der Waals surface area contributed by atoms with E-state index in [4.69, 9.17) is 9.47 Å². The smallest absolute Gasteiger partial charge is 0.408 e. The fourth-order valence-electron chi connectivity index (χ4n) is 5.19. The van der Waals surface area contributed by atoms with E-state index in [-0.39, 0.29) is 24.9 Å². The third-order valence-corrected chi connectivity index (χ3v) is 7.61. The van der Waals surface area contributed by atoms with Gasteiger partial charge in [0.25, 0.3) is 5.91 Å². The van der Waals surface area contributed by atoms with E-state index < -0.39 is 41.1 Å². The maximum absolute atomic E-state index is 13.7. The summed E-state index contributed by atoms with van der Waals surface area (Å²) < 4.78 is 12.9. The van der Waals surface area contributed by atoms with Crippen LogP contribution >= 0.6 is 0 Å². The average Bonchev–Trinajstić information content (AvgIpc) is 3.67. The first-order valence-corrected chi connectivity index (χ1v) is 15.9. The highest BCUT2D eigenvalue weighted by atomic mass is 16.6. The van der Waals surface area contributed by atoms with Crippen LogP contribution in [0.25, 0.3) is 0 Å². The Morgan fingerprint density at radius 2 is 1.53 bits per heavy atom. The van der Waals surface area contributed by atoms with Crippen molar-refractivity contribution in [3.8, 4) is 0 Å². The van der Waals surface area contributed by atoms with Crippen molar-refractivity contribution < 1.29 is 28.7 Å². The number of likely N-dealkylation sites (tertiary alicyclic amines) is 1. The van der Waals surface area contributed by atoms with Gasteiger partial charge in [-0.05, 0) is 65.5 Å². The van der Waals surface area contributed by atoms with Gasteiger partial charge in [-0.15, -0.1) is 0 Å². The lowest BCUT2D eigenvalue weighted by Crippen LogP contribution is -2.59. The molecular weight excluding hydrogens is 600 g/mol. The second-order valence-corrected chi connectivity index (χ2v) is 13.2. The molecule has 3 aromatic rings. The Labute approximate surface area is 276 Å². The van der Waals surface area contributed by atoms with Crippen molar-refractivity contribution in [2.75, 3.05) is 25.0 Å². The van der Waals surface area contributed by atoms with Gasteiger partial charge in [0.05, 0.1) is 13.2 Å². The van der Waals surface area contributed by atoms with Gasteiger partial charge in [0.15, 0.2) is 5.82 Å². The Kier molecular flexibility index (Phi) is 11.4. The van der Waals surface area contributed by atoms with Crippen LogP contribution in [-0.4, -0.2) is 75.1 Å². The van der Waals surface area contributed by atoms with E-state index in [1.54, 1.807) is 38.5 Å². The predicted octanol–water partition coefficient (Wildman–Crippen LogP) is 4.35. The lowest BCUT2D eigenvalue weighted by Gasteiger charge is -2.29. The number of nitrogens with one attached hydrogen (secondary N) is 3. The lowest BCUT2D eigenvalue weighted by molar-refractivity contribution is -0.132. The summed E-state index contributed by atoms with van der Waals surface area (Å²) in [7, 11) is 0. The minimum absolute atomic E-state index is 0.0359. The van der Waals surface area contributed by atoms with Crippen molar-refractivity contribution in [1.82, 2.24) is 25.1 Å². The van der Waals surface area contributed by atoms with Gasteiger partial charge in [-0.2, -0.15) is 0 Å². The SMILES string of the molecule is Cc1nc(NC(=O)C(COCc2ccccc2)NC(=O)C(C)(C)NC(=O)OC(C)(C)C)cn1C(C(=O)N1CCCC1)c1ccccc1. The highest BCUT2D eigenvalue weighted by molar-refractivity contribution is 5.98. The zero-order valence-corrected chi connectivity index (χ0v) is 28.0. The van der Waals surface area contributed by atoms with Crippen LogP contribution < -0.4 is 16.0 Å². The van der Waals surface area contributed by atoms with E-state index in [0.717, 1.165) is 24.0 Å². The lowest BCUT2D eigenvalue weighted by atomic mass is 10.0. The van der Waals surface area contributed by atoms with Gasteiger partial charge < -0.3 is 34.9 Å². The molecular formula is C35H46N6O6. The number of alkyl carbamates (subject to hydrolysis) is 1. The van der Waals surface area contributed by atoms with Crippen LogP contribution in [0.4, 0.5) is 10.6 Å². The molecule has 1 saturated heterocycles. The molecule has 3 N–H and O–H groups in total. The summed E-state index contributed by atoms with van der Waals surface area (Å²) in [4.78, 5) is 59.7. The summed E-state index contributed by atoms with van der Waals surface area (Å²) in [6.45, 7) is 11.4. The number of rotatable bonds is 12. The standard InChI is InChI=1S/C35H46N6O6/c1-24-36-28(21-41(24)29(26-17-11-8-12-18-26)31(43)40-19-13-14-20-40)38-30(42)27(23-46-22-25-15-9-7-10-16-25)37-32(44)35(5,6)39-33(45)47-34(2,3)4/h7-12,15-18,21,27,29H,13-14,19-20,22-23H2,1-6H3,(H,37,44)(H,38,42)(H,39,45). The summed E-state index contributed by atoms with van der Waals surface area (Å²) >= 11 is 0. The summed E-state index contributed by atoms with van der Waals surface area (Å²) in [6.07, 6.45) is 2.79. The molecule has 2 unspecified atom stereocenters. The van der Waals surface area contributed by atoms with E-state index in [1.165, 1.54) is 13.8 Å². The second kappa shape index (κ2) is 15.3. The van der Waals surface area contributed by atoms with Gasteiger partial charge in [0, 0.05) is 19.3 Å². The number of anilines is 1. The first kappa shape index (κ1) is 35.1. The van der Waals surface area contributed by atoms with Gasteiger partial charge in [0.2, 0.25) is 11.8 Å². The highest BCUT2D eigenvalue weighted by Crippen LogP contribution is 2.26.